The minimum atomic E-state index is -0.449. The molecule has 0 amide bonds. The third-order valence-electron chi connectivity index (χ3n) is 2.91. The summed E-state index contributed by atoms with van der Waals surface area (Å²) >= 11 is 0. The van der Waals surface area contributed by atoms with Crippen LogP contribution in [0.5, 0.6) is 11.5 Å². The van der Waals surface area contributed by atoms with Gasteiger partial charge in [0, 0.05) is 18.1 Å². The zero-order chi connectivity index (χ0) is 11.8. The Kier molecular flexibility index (Phi) is 2.25. The van der Waals surface area contributed by atoms with E-state index in [-0.39, 0.29) is 5.75 Å². The first-order valence-corrected chi connectivity index (χ1v) is 5.49. The second-order valence-electron chi connectivity index (χ2n) is 4.09. The fourth-order valence-corrected chi connectivity index (χ4v) is 2.17. The van der Waals surface area contributed by atoms with Crippen molar-refractivity contribution >= 4 is 0 Å². The summed E-state index contributed by atoms with van der Waals surface area (Å²) in [5, 5.41) is 9.42. The molecule has 0 radical (unpaired) electrons. The molecule has 1 N–H and O–H groups in total. The van der Waals surface area contributed by atoms with E-state index in [1.54, 1.807) is 6.07 Å². The van der Waals surface area contributed by atoms with Gasteiger partial charge in [-0.2, -0.15) is 0 Å². The van der Waals surface area contributed by atoms with E-state index in [0.717, 1.165) is 29.4 Å². The highest BCUT2D eigenvalue weighted by molar-refractivity contribution is 5.73. The molecular weight excluding hydrogens is 219 g/mol. The van der Waals surface area contributed by atoms with Gasteiger partial charge in [0.05, 0.1) is 6.61 Å². The van der Waals surface area contributed by atoms with Crippen LogP contribution in [0.15, 0.2) is 36.4 Å². The van der Waals surface area contributed by atoms with Crippen LogP contribution in [0.1, 0.15) is 5.56 Å². The second kappa shape index (κ2) is 3.77. The standard InChI is InChI=1S/C14H11FO2/c15-11-6-10(7-12(16)8-11)13-3-1-2-9-4-5-17-14(9)13/h1-3,6-8,16H,4-5H2. The average Bonchev–Trinajstić information content (AvgIpc) is 2.75. The Hall–Kier alpha value is -2.03. The van der Waals surface area contributed by atoms with Crippen molar-refractivity contribution in [2.75, 3.05) is 6.61 Å². The molecule has 0 saturated heterocycles. The van der Waals surface area contributed by atoms with Gasteiger partial charge >= 0.3 is 0 Å². The molecule has 0 atom stereocenters. The molecule has 0 fully saturated rings. The minimum absolute atomic E-state index is 0.0735. The van der Waals surface area contributed by atoms with Gasteiger partial charge in [-0.3, -0.25) is 0 Å². The number of hydrogen-bond acceptors (Lipinski definition) is 2. The van der Waals surface area contributed by atoms with Gasteiger partial charge in [0.25, 0.3) is 0 Å². The molecule has 1 heterocycles. The van der Waals surface area contributed by atoms with Crippen LogP contribution in [0.4, 0.5) is 4.39 Å². The monoisotopic (exact) mass is 230 g/mol. The van der Waals surface area contributed by atoms with Gasteiger partial charge in [-0.25, -0.2) is 4.39 Å². The molecule has 3 heteroatoms. The lowest BCUT2D eigenvalue weighted by Crippen LogP contribution is -1.89. The van der Waals surface area contributed by atoms with Crippen LogP contribution in [-0.2, 0) is 6.42 Å². The molecule has 2 nitrogen and oxygen atoms in total. The van der Waals surface area contributed by atoms with E-state index in [1.807, 2.05) is 18.2 Å². The number of phenolic OH excluding ortho intramolecular Hbond substituents is 1. The molecule has 0 unspecified atom stereocenters. The maximum Gasteiger partial charge on any atom is 0.130 e. The van der Waals surface area contributed by atoms with Crippen molar-refractivity contribution in [2.24, 2.45) is 0 Å². The quantitative estimate of drug-likeness (QED) is 0.815. The van der Waals surface area contributed by atoms with E-state index in [9.17, 15) is 9.50 Å². The molecule has 1 aliphatic rings. The topological polar surface area (TPSA) is 29.5 Å². The minimum Gasteiger partial charge on any atom is -0.508 e. The van der Waals surface area contributed by atoms with Crippen molar-refractivity contribution in [3.63, 3.8) is 0 Å². The Balaban J connectivity index is 2.19. The molecular formula is C14H11FO2. The Morgan fingerprint density at radius 1 is 1.18 bits per heavy atom. The summed E-state index contributed by atoms with van der Waals surface area (Å²) in [6.07, 6.45) is 0.879. The first-order valence-electron chi connectivity index (χ1n) is 5.49. The Morgan fingerprint density at radius 2 is 2.06 bits per heavy atom. The van der Waals surface area contributed by atoms with Crippen LogP contribution in [0.3, 0.4) is 0 Å². The lowest BCUT2D eigenvalue weighted by molar-refractivity contribution is 0.358. The van der Waals surface area contributed by atoms with Crippen molar-refractivity contribution in [3.05, 3.63) is 47.8 Å². The summed E-state index contributed by atoms with van der Waals surface area (Å²) < 4.78 is 18.8. The Labute approximate surface area is 98.3 Å². The summed E-state index contributed by atoms with van der Waals surface area (Å²) in [4.78, 5) is 0. The van der Waals surface area contributed by atoms with Gasteiger partial charge in [-0.05, 0) is 23.3 Å². The fraction of sp³-hybridized carbons (Fsp3) is 0.143. The predicted octanol–water partition coefficient (Wildman–Crippen LogP) is 3.13. The van der Waals surface area contributed by atoms with Crippen molar-refractivity contribution in [1.29, 1.82) is 0 Å². The second-order valence-corrected chi connectivity index (χ2v) is 4.09. The van der Waals surface area contributed by atoms with Crippen LogP contribution in [0, 0.1) is 5.82 Å². The Morgan fingerprint density at radius 3 is 2.88 bits per heavy atom. The molecule has 2 aromatic rings. The largest absolute Gasteiger partial charge is 0.508 e. The summed E-state index contributed by atoms with van der Waals surface area (Å²) in [6.45, 7) is 0.660. The fourth-order valence-electron chi connectivity index (χ4n) is 2.17. The molecule has 2 aromatic carbocycles. The first-order chi connectivity index (χ1) is 8.24. The SMILES string of the molecule is Oc1cc(F)cc(-c2cccc3c2OCC3)c1. The van der Waals surface area contributed by atoms with E-state index in [0.29, 0.717) is 12.2 Å². The third-order valence-corrected chi connectivity index (χ3v) is 2.91. The van der Waals surface area contributed by atoms with Crippen molar-refractivity contribution < 1.29 is 14.2 Å². The zero-order valence-corrected chi connectivity index (χ0v) is 9.11. The van der Waals surface area contributed by atoms with Gasteiger partial charge in [-0.1, -0.05) is 18.2 Å². The molecule has 0 aliphatic carbocycles. The summed E-state index contributed by atoms with van der Waals surface area (Å²) in [6, 6.07) is 9.83. The average molecular weight is 230 g/mol. The molecule has 86 valence electrons. The summed E-state index contributed by atoms with van der Waals surface area (Å²) in [5.74, 6) is 0.281. The number of fused-ring (bicyclic) bond motifs is 1. The summed E-state index contributed by atoms with van der Waals surface area (Å²) in [7, 11) is 0. The molecule has 0 aromatic heterocycles. The Bertz CT molecular complexity index is 558. The van der Waals surface area contributed by atoms with Crippen LogP contribution in [0.25, 0.3) is 11.1 Å². The zero-order valence-electron chi connectivity index (χ0n) is 9.11. The highest BCUT2D eigenvalue weighted by Gasteiger charge is 2.17. The van der Waals surface area contributed by atoms with E-state index in [1.165, 1.54) is 6.07 Å². The molecule has 1 aliphatic heterocycles. The number of halogens is 1. The number of rotatable bonds is 1. The van der Waals surface area contributed by atoms with Gasteiger partial charge in [0.15, 0.2) is 0 Å². The number of benzene rings is 2. The van der Waals surface area contributed by atoms with Crippen LogP contribution < -0.4 is 4.74 Å². The smallest absolute Gasteiger partial charge is 0.130 e. The molecule has 0 bridgehead atoms. The van der Waals surface area contributed by atoms with Crippen molar-refractivity contribution in [1.82, 2.24) is 0 Å². The highest BCUT2D eigenvalue weighted by atomic mass is 19.1. The van der Waals surface area contributed by atoms with Crippen LogP contribution in [0.2, 0.25) is 0 Å². The van der Waals surface area contributed by atoms with Gasteiger partial charge in [-0.15, -0.1) is 0 Å². The maximum atomic E-state index is 13.3. The maximum absolute atomic E-state index is 13.3. The normalized spacial score (nSPS) is 13.2. The van der Waals surface area contributed by atoms with Gasteiger partial charge in [0.1, 0.15) is 17.3 Å². The van der Waals surface area contributed by atoms with Crippen molar-refractivity contribution in [3.8, 4) is 22.6 Å². The molecule has 0 spiro atoms. The lowest BCUT2D eigenvalue weighted by atomic mass is 10.0. The van der Waals surface area contributed by atoms with Gasteiger partial charge in [0.2, 0.25) is 0 Å². The number of para-hydroxylation sites is 1. The van der Waals surface area contributed by atoms with Gasteiger partial charge < -0.3 is 9.84 Å². The highest BCUT2D eigenvalue weighted by Crippen LogP contribution is 2.37. The number of aromatic hydroxyl groups is 1. The molecule has 0 saturated carbocycles. The molecule has 3 rings (SSSR count). The van der Waals surface area contributed by atoms with Crippen LogP contribution in [-0.4, -0.2) is 11.7 Å². The number of phenols is 1. The van der Waals surface area contributed by atoms with Crippen LogP contribution >= 0.6 is 0 Å². The van der Waals surface area contributed by atoms with E-state index in [2.05, 4.69) is 0 Å². The van der Waals surface area contributed by atoms with E-state index >= 15 is 0 Å². The number of ether oxygens (including phenoxy) is 1. The first kappa shape index (κ1) is 10.1. The summed E-state index contributed by atoms with van der Waals surface area (Å²) in [5.41, 5.74) is 2.60. The molecule has 17 heavy (non-hydrogen) atoms. The lowest BCUT2D eigenvalue weighted by Gasteiger charge is -2.08. The van der Waals surface area contributed by atoms with E-state index in [4.69, 9.17) is 4.74 Å². The van der Waals surface area contributed by atoms with Crippen molar-refractivity contribution in [2.45, 2.75) is 6.42 Å². The van der Waals surface area contributed by atoms with E-state index < -0.39 is 5.82 Å². The predicted molar refractivity (Wildman–Crippen MR) is 62.7 cm³/mol. The third kappa shape index (κ3) is 1.73. The number of hydrogen-bond donors (Lipinski definition) is 1.